The van der Waals surface area contributed by atoms with Gasteiger partial charge in [0.05, 0.1) is 11.9 Å². The Hall–Kier alpha value is -1.12. The van der Waals surface area contributed by atoms with Crippen molar-refractivity contribution in [3.63, 3.8) is 0 Å². The van der Waals surface area contributed by atoms with E-state index in [1.807, 2.05) is 32.0 Å². The van der Waals surface area contributed by atoms with Crippen molar-refractivity contribution in [2.24, 2.45) is 0 Å². The predicted molar refractivity (Wildman–Crippen MR) is 92.6 cm³/mol. The molecule has 0 fully saturated rings. The molecule has 0 unspecified atom stereocenters. The molecular formula is C14H22BrN3O3S. The van der Waals surface area contributed by atoms with Crippen molar-refractivity contribution in [1.82, 2.24) is 10.2 Å². The maximum absolute atomic E-state index is 12.0. The second kappa shape index (κ2) is 7.94. The van der Waals surface area contributed by atoms with Crippen LogP contribution in [-0.4, -0.2) is 59.2 Å². The molecule has 0 aromatic heterocycles. The van der Waals surface area contributed by atoms with Crippen LogP contribution in [0.3, 0.4) is 0 Å². The number of carbonyl (C=O) groups excluding carboxylic acids is 1. The number of aryl methyl sites for hydroxylation is 1. The molecule has 0 saturated heterocycles. The lowest BCUT2D eigenvalue weighted by Gasteiger charge is -2.24. The van der Waals surface area contributed by atoms with E-state index in [0.29, 0.717) is 18.8 Å². The number of likely N-dealkylation sites (N-methyl/N-ethyl adjacent to an activating group) is 1. The Balaban J connectivity index is 2.89. The molecule has 0 heterocycles. The molecule has 1 aromatic carbocycles. The van der Waals surface area contributed by atoms with E-state index in [9.17, 15) is 13.2 Å². The lowest BCUT2D eigenvalue weighted by atomic mass is 10.2. The van der Waals surface area contributed by atoms with Gasteiger partial charge in [0.25, 0.3) is 0 Å². The Morgan fingerprint density at radius 3 is 2.45 bits per heavy atom. The van der Waals surface area contributed by atoms with Crippen molar-refractivity contribution in [2.45, 2.75) is 6.92 Å². The average molecular weight is 392 g/mol. The molecule has 0 atom stereocenters. The van der Waals surface area contributed by atoms with Crippen LogP contribution < -0.4 is 9.62 Å². The minimum Gasteiger partial charge on any atom is -0.353 e. The maximum atomic E-state index is 12.0. The largest absolute Gasteiger partial charge is 0.353 e. The first-order valence-electron chi connectivity index (χ1n) is 6.76. The third-order valence-corrected chi connectivity index (χ3v) is 4.62. The van der Waals surface area contributed by atoms with Gasteiger partial charge in [0.1, 0.15) is 6.54 Å². The number of rotatable bonds is 7. The molecular weight excluding hydrogens is 370 g/mol. The molecule has 0 aliphatic rings. The van der Waals surface area contributed by atoms with Crippen LogP contribution in [0.2, 0.25) is 0 Å². The monoisotopic (exact) mass is 391 g/mol. The summed E-state index contributed by atoms with van der Waals surface area (Å²) in [6.45, 7) is 2.75. The van der Waals surface area contributed by atoms with Gasteiger partial charge in [-0.3, -0.25) is 9.10 Å². The first kappa shape index (κ1) is 18.9. The van der Waals surface area contributed by atoms with Gasteiger partial charge in [-0.25, -0.2) is 8.42 Å². The quantitative estimate of drug-likeness (QED) is 0.757. The van der Waals surface area contributed by atoms with E-state index in [4.69, 9.17) is 0 Å². The molecule has 8 heteroatoms. The van der Waals surface area contributed by atoms with E-state index in [0.717, 1.165) is 20.6 Å². The van der Waals surface area contributed by atoms with Gasteiger partial charge in [0.2, 0.25) is 15.9 Å². The van der Waals surface area contributed by atoms with Crippen LogP contribution in [0.1, 0.15) is 5.56 Å². The van der Waals surface area contributed by atoms with Gasteiger partial charge in [0, 0.05) is 17.6 Å². The molecule has 1 rings (SSSR count). The Labute approximate surface area is 140 Å². The number of anilines is 1. The smallest absolute Gasteiger partial charge is 0.240 e. The zero-order valence-electron chi connectivity index (χ0n) is 13.3. The third-order valence-electron chi connectivity index (χ3n) is 3.00. The summed E-state index contributed by atoms with van der Waals surface area (Å²) in [5.41, 5.74) is 1.29. The summed E-state index contributed by atoms with van der Waals surface area (Å²) in [5.74, 6) is -0.324. The summed E-state index contributed by atoms with van der Waals surface area (Å²) >= 11 is 3.34. The summed E-state index contributed by atoms with van der Waals surface area (Å²) in [6, 6.07) is 5.26. The van der Waals surface area contributed by atoms with Gasteiger partial charge in [-0.2, -0.15) is 0 Å². The molecule has 0 aliphatic carbocycles. The highest BCUT2D eigenvalue weighted by atomic mass is 79.9. The molecule has 1 aromatic rings. The van der Waals surface area contributed by atoms with E-state index in [1.165, 1.54) is 0 Å². The maximum Gasteiger partial charge on any atom is 0.240 e. The van der Waals surface area contributed by atoms with Gasteiger partial charge < -0.3 is 10.2 Å². The van der Waals surface area contributed by atoms with E-state index in [-0.39, 0.29) is 12.5 Å². The Morgan fingerprint density at radius 1 is 1.32 bits per heavy atom. The minimum atomic E-state index is -3.54. The number of halogens is 1. The number of carbonyl (C=O) groups is 1. The van der Waals surface area contributed by atoms with Gasteiger partial charge in [-0.1, -0.05) is 15.9 Å². The number of sulfonamides is 1. The van der Waals surface area contributed by atoms with Gasteiger partial charge >= 0.3 is 0 Å². The topological polar surface area (TPSA) is 69.7 Å². The molecule has 0 spiro atoms. The fourth-order valence-corrected chi connectivity index (χ4v) is 3.27. The van der Waals surface area contributed by atoms with Gasteiger partial charge in [-0.15, -0.1) is 0 Å². The molecule has 0 radical (unpaired) electrons. The molecule has 22 heavy (non-hydrogen) atoms. The number of nitrogens with zero attached hydrogens (tertiary/aromatic N) is 2. The first-order valence-corrected chi connectivity index (χ1v) is 9.40. The summed E-state index contributed by atoms with van der Waals surface area (Å²) in [4.78, 5) is 13.9. The average Bonchev–Trinajstić information content (AvgIpc) is 2.35. The fraction of sp³-hybridized carbons (Fsp3) is 0.500. The summed E-state index contributed by atoms with van der Waals surface area (Å²) < 4.78 is 26.0. The lowest BCUT2D eigenvalue weighted by molar-refractivity contribution is -0.119. The number of nitrogens with one attached hydrogen (secondary N) is 1. The molecule has 6 nitrogen and oxygen atoms in total. The van der Waals surface area contributed by atoms with E-state index < -0.39 is 10.0 Å². The zero-order chi connectivity index (χ0) is 16.9. The molecule has 0 saturated carbocycles. The number of hydrogen-bond donors (Lipinski definition) is 1. The standard InChI is InChI=1S/C14H22BrN3O3S/c1-11-9-12(15)5-6-13(11)18(22(4,20)21)10-14(19)16-7-8-17(2)3/h5-6,9H,7-8,10H2,1-4H3,(H,16,19). The van der Waals surface area contributed by atoms with Crippen LogP contribution in [0, 0.1) is 6.92 Å². The second-order valence-corrected chi connectivity index (χ2v) is 8.18. The van der Waals surface area contributed by atoms with Crippen molar-refractivity contribution in [3.05, 3.63) is 28.2 Å². The highest BCUT2D eigenvalue weighted by Crippen LogP contribution is 2.25. The summed E-state index contributed by atoms with van der Waals surface area (Å²) in [7, 11) is 0.263. The summed E-state index contributed by atoms with van der Waals surface area (Å²) in [5, 5.41) is 2.72. The van der Waals surface area contributed by atoms with E-state index in [1.54, 1.807) is 12.1 Å². The van der Waals surface area contributed by atoms with Crippen molar-refractivity contribution in [2.75, 3.05) is 44.3 Å². The SMILES string of the molecule is Cc1cc(Br)ccc1N(CC(=O)NCCN(C)C)S(C)(=O)=O. The predicted octanol–water partition coefficient (Wildman–Crippen LogP) is 1.20. The molecule has 1 amide bonds. The molecule has 0 bridgehead atoms. The lowest BCUT2D eigenvalue weighted by Crippen LogP contribution is -2.42. The van der Waals surface area contributed by atoms with Crippen LogP contribution in [0.5, 0.6) is 0 Å². The van der Waals surface area contributed by atoms with Crippen molar-refractivity contribution < 1.29 is 13.2 Å². The van der Waals surface area contributed by atoms with Crippen LogP contribution in [0.4, 0.5) is 5.69 Å². The van der Waals surface area contributed by atoms with Gasteiger partial charge in [-0.05, 0) is 44.8 Å². The summed E-state index contributed by atoms with van der Waals surface area (Å²) in [6.07, 6.45) is 1.10. The third kappa shape index (κ3) is 5.94. The molecule has 1 N–H and O–H groups in total. The van der Waals surface area contributed by atoms with Crippen molar-refractivity contribution in [3.8, 4) is 0 Å². The second-order valence-electron chi connectivity index (χ2n) is 5.35. The Bertz CT molecular complexity index is 632. The van der Waals surface area contributed by atoms with Crippen LogP contribution in [-0.2, 0) is 14.8 Å². The number of amides is 1. The highest BCUT2D eigenvalue weighted by Gasteiger charge is 2.22. The van der Waals surface area contributed by atoms with Crippen molar-refractivity contribution in [1.29, 1.82) is 0 Å². The highest BCUT2D eigenvalue weighted by molar-refractivity contribution is 9.10. The minimum absolute atomic E-state index is 0.227. The Morgan fingerprint density at radius 2 is 1.95 bits per heavy atom. The van der Waals surface area contributed by atoms with E-state index in [2.05, 4.69) is 21.2 Å². The number of hydrogen-bond acceptors (Lipinski definition) is 4. The first-order chi connectivity index (χ1) is 10.1. The van der Waals surface area contributed by atoms with Gasteiger partial charge in [0.15, 0.2) is 0 Å². The number of benzene rings is 1. The molecule has 124 valence electrons. The fourth-order valence-electron chi connectivity index (χ4n) is 1.89. The van der Waals surface area contributed by atoms with Crippen LogP contribution >= 0.6 is 15.9 Å². The van der Waals surface area contributed by atoms with Crippen molar-refractivity contribution >= 4 is 37.5 Å². The van der Waals surface area contributed by atoms with E-state index >= 15 is 0 Å². The molecule has 0 aliphatic heterocycles. The van der Waals surface area contributed by atoms with Crippen LogP contribution in [0.25, 0.3) is 0 Å². The normalized spacial score (nSPS) is 11.5. The zero-order valence-corrected chi connectivity index (χ0v) is 15.7. The van der Waals surface area contributed by atoms with Crippen LogP contribution in [0.15, 0.2) is 22.7 Å². The Kier molecular flexibility index (Phi) is 6.83.